The molecule has 1 rings (SSSR count). The van der Waals surface area contributed by atoms with Crippen molar-refractivity contribution in [3.05, 3.63) is 29.8 Å². The summed E-state index contributed by atoms with van der Waals surface area (Å²) in [6.45, 7) is 8.08. The average molecular weight is 303 g/mol. The van der Waals surface area contributed by atoms with Crippen LogP contribution in [0.5, 0.6) is 0 Å². The van der Waals surface area contributed by atoms with Crippen LogP contribution in [0.1, 0.15) is 34.1 Å². The molecule has 114 valence electrons. The molecule has 0 spiro atoms. The smallest absolute Gasteiger partial charge is 0.159 e. The Balaban J connectivity index is 2.65. The quantitative estimate of drug-likeness (QED) is 0.755. The van der Waals surface area contributed by atoms with Crippen LogP contribution >= 0.6 is 11.8 Å². The Morgan fingerprint density at radius 1 is 1.25 bits per heavy atom. The van der Waals surface area contributed by atoms with Crippen LogP contribution < -0.4 is 5.32 Å². The third-order valence-corrected chi connectivity index (χ3v) is 4.05. The molecule has 0 saturated heterocycles. The highest BCUT2D eigenvalue weighted by molar-refractivity contribution is 7.99. The number of benzene rings is 1. The van der Waals surface area contributed by atoms with E-state index in [1.165, 1.54) is 17.8 Å². The SMILES string of the molecule is CC(C)NC(C)(CO)CC(C)Sc1ccc(F)c(F)c1. The Kier molecular flexibility index (Phi) is 6.43. The van der Waals surface area contributed by atoms with E-state index in [-0.39, 0.29) is 23.4 Å². The van der Waals surface area contributed by atoms with E-state index in [4.69, 9.17) is 0 Å². The largest absolute Gasteiger partial charge is 0.394 e. The van der Waals surface area contributed by atoms with Gasteiger partial charge in [0.05, 0.1) is 6.61 Å². The summed E-state index contributed by atoms with van der Waals surface area (Å²) < 4.78 is 26.0. The molecule has 1 aromatic rings. The molecule has 2 nitrogen and oxygen atoms in total. The lowest BCUT2D eigenvalue weighted by Crippen LogP contribution is -2.50. The van der Waals surface area contributed by atoms with E-state index in [0.717, 1.165) is 12.5 Å². The summed E-state index contributed by atoms with van der Waals surface area (Å²) in [6.07, 6.45) is 0.728. The monoisotopic (exact) mass is 303 g/mol. The summed E-state index contributed by atoms with van der Waals surface area (Å²) in [5, 5.41) is 13.1. The fourth-order valence-corrected chi connectivity index (χ4v) is 3.56. The number of rotatable bonds is 7. The third-order valence-electron chi connectivity index (χ3n) is 2.95. The van der Waals surface area contributed by atoms with Crippen LogP contribution in [-0.2, 0) is 0 Å². The Bertz CT molecular complexity index is 442. The van der Waals surface area contributed by atoms with Gasteiger partial charge in [0.2, 0.25) is 0 Å². The Morgan fingerprint density at radius 3 is 2.40 bits per heavy atom. The lowest BCUT2D eigenvalue weighted by molar-refractivity contribution is 0.157. The van der Waals surface area contributed by atoms with Crippen LogP contribution in [0.4, 0.5) is 8.78 Å². The van der Waals surface area contributed by atoms with Crippen LogP contribution in [0, 0.1) is 11.6 Å². The van der Waals surface area contributed by atoms with Crippen molar-refractivity contribution in [2.24, 2.45) is 0 Å². The number of aliphatic hydroxyl groups is 1. The third kappa shape index (κ3) is 5.38. The van der Waals surface area contributed by atoms with Gasteiger partial charge in [0.15, 0.2) is 11.6 Å². The zero-order chi connectivity index (χ0) is 15.3. The zero-order valence-electron chi connectivity index (χ0n) is 12.4. The van der Waals surface area contributed by atoms with Gasteiger partial charge < -0.3 is 10.4 Å². The van der Waals surface area contributed by atoms with Crippen molar-refractivity contribution in [2.75, 3.05) is 6.61 Å². The van der Waals surface area contributed by atoms with Crippen LogP contribution in [0.25, 0.3) is 0 Å². The van der Waals surface area contributed by atoms with Crippen molar-refractivity contribution in [1.29, 1.82) is 0 Å². The minimum Gasteiger partial charge on any atom is -0.394 e. The number of halogens is 2. The van der Waals surface area contributed by atoms with Crippen molar-refractivity contribution >= 4 is 11.8 Å². The van der Waals surface area contributed by atoms with Gasteiger partial charge in [-0.1, -0.05) is 20.8 Å². The molecule has 2 atom stereocenters. The molecule has 0 bridgehead atoms. The highest BCUT2D eigenvalue weighted by Crippen LogP contribution is 2.29. The molecule has 5 heteroatoms. The molecular weight excluding hydrogens is 280 g/mol. The minimum atomic E-state index is -0.830. The second kappa shape index (κ2) is 7.38. The molecule has 0 aliphatic rings. The first-order chi connectivity index (χ1) is 9.25. The topological polar surface area (TPSA) is 32.3 Å². The van der Waals surface area contributed by atoms with Gasteiger partial charge in [-0.25, -0.2) is 8.78 Å². The molecule has 0 aliphatic heterocycles. The summed E-state index contributed by atoms with van der Waals surface area (Å²) >= 11 is 1.48. The van der Waals surface area contributed by atoms with E-state index in [1.807, 2.05) is 27.7 Å². The van der Waals surface area contributed by atoms with Gasteiger partial charge in [-0.05, 0) is 31.5 Å². The first-order valence-electron chi connectivity index (χ1n) is 6.76. The van der Waals surface area contributed by atoms with E-state index in [2.05, 4.69) is 5.32 Å². The summed E-state index contributed by atoms with van der Waals surface area (Å²) in [7, 11) is 0. The Labute approximate surface area is 124 Å². The lowest BCUT2D eigenvalue weighted by Gasteiger charge is -2.33. The van der Waals surface area contributed by atoms with Gasteiger partial charge in [-0.3, -0.25) is 0 Å². The number of hydrogen-bond donors (Lipinski definition) is 2. The maximum Gasteiger partial charge on any atom is 0.159 e. The molecule has 0 radical (unpaired) electrons. The van der Waals surface area contributed by atoms with Gasteiger partial charge in [0.25, 0.3) is 0 Å². The minimum absolute atomic E-state index is 0.0356. The second-order valence-corrected chi connectivity index (χ2v) is 7.24. The van der Waals surface area contributed by atoms with Gasteiger partial charge >= 0.3 is 0 Å². The molecule has 0 amide bonds. The van der Waals surface area contributed by atoms with Gasteiger partial charge in [0.1, 0.15) is 0 Å². The molecule has 2 N–H and O–H groups in total. The summed E-state index contributed by atoms with van der Waals surface area (Å²) in [6, 6.07) is 4.20. The molecule has 0 aromatic heterocycles. The molecule has 20 heavy (non-hydrogen) atoms. The van der Waals surface area contributed by atoms with Crippen LogP contribution in [0.2, 0.25) is 0 Å². The van der Waals surface area contributed by atoms with Crippen LogP contribution in [-0.4, -0.2) is 28.5 Å². The van der Waals surface area contributed by atoms with Crippen molar-refractivity contribution < 1.29 is 13.9 Å². The fraction of sp³-hybridized carbons (Fsp3) is 0.600. The molecule has 2 unspecified atom stereocenters. The molecule has 0 aliphatic carbocycles. The highest BCUT2D eigenvalue weighted by Gasteiger charge is 2.26. The van der Waals surface area contributed by atoms with E-state index in [0.29, 0.717) is 4.90 Å². The second-order valence-electron chi connectivity index (χ2n) is 5.73. The Morgan fingerprint density at radius 2 is 1.90 bits per heavy atom. The molecule has 0 heterocycles. The van der Waals surface area contributed by atoms with Crippen molar-refractivity contribution in [1.82, 2.24) is 5.32 Å². The highest BCUT2D eigenvalue weighted by atomic mass is 32.2. The predicted octanol–water partition coefficient (Wildman–Crippen LogP) is 3.58. The van der Waals surface area contributed by atoms with E-state index >= 15 is 0 Å². The number of thioether (sulfide) groups is 1. The van der Waals surface area contributed by atoms with E-state index in [1.54, 1.807) is 6.07 Å². The molecule has 0 fully saturated rings. The fourth-order valence-electron chi connectivity index (χ4n) is 2.32. The number of nitrogens with one attached hydrogen (secondary N) is 1. The van der Waals surface area contributed by atoms with Gasteiger partial charge in [0, 0.05) is 21.7 Å². The summed E-state index contributed by atoms with van der Waals surface area (Å²) in [5.74, 6) is -1.66. The first kappa shape index (κ1) is 17.4. The molecular formula is C15H23F2NOS. The van der Waals surface area contributed by atoms with E-state index < -0.39 is 11.6 Å². The standard InChI is InChI=1S/C15H23F2NOS/c1-10(2)18-15(4,9-19)8-11(3)20-12-5-6-13(16)14(17)7-12/h5-7,10-11,18-19H,8-9H2,1-4H3. The first-order valence-corrected chi connectivity index (χ1v) is 7.64. The average Bonchev–Trinajstić information content (AvgIpc) is 2.32. The van der Waals surface area contributed by atoms with Crippen molar-refractivity contribution in [3.63, 3.8) is 0 Å². The van der Waals surface area contributed by atoms with Gasteiger partial charge in [-0.2, -0.15) is 0 Å². The number of aliphatic hydroxyl groups excluding tert-OH is 1. The van der Waals surface area contributed by atoms with Crippen molar-refractivity contribution in [2.45, 2.75) is 55.8 Å². The van der Waals surface area contributed by atoms with Crippen molar-refractivity contribution in [3.8, 4) is 0 Å². The van der Waals surface area contributed by atoms with Crippen LogP contribution in [0.15, 0.2) is 23.1 Å². The summed E-state index contributed by atoms with van der Waals surface area (Å²) in [4.78, 5) is 0.696. The summed E-state index contributed by atoms with van der Waals surface area (Å²) in [5.41, 5.74) is -0.376. The zero-order valence-corrected chi connectivity index (χ0v) is 13.2. The number of hydrogen-bond acceptors (Lipinski definition) is 3. The maximum atomic E-state index is 13.2. The lowest BCUT2D eigenvalue weighted by atomic mass is 9.96. The molecule has 1 aromatic carbocycles. The normalized spacial score (nSPS) is 16.2. The predicted molar refractivity (Wildman–Crippen MR) is 80.1 cm³/mol. The maximum absolute atomic E-state index is 13.2. The van der Waals surface area contributed by atoms with Gasteiger partial charge in [-0.15, -0.1) is 11.8 Å². The Hall–Kier alpha value is -0.650. The molecule has 0 saturated carbocycles. The van der Waals surface area contributed by atoms with E-state index in [9.17, 15) is 13.9 Å². The van der Waals surface area contributed by atoms with Crippen LogP contribution in [0.3, 0.4) is 0 Å².